The lowest BCUT2D eigenvalue weighted by Crippen LogP contribution is -2.39. The fourth-order valence-corrected chi connectivity index (χ4v) is 4.57. The van der Waals surface area contributed by atoms with Gasteiger partial charge in [-0.15, -0.1) is 11.8 Å². The van der Waals surface area contributed by atoms with Crippen LogP contribution in [0.15, 0.2) is 34.2 Å². The summed E-state index contributed by atoms with van der Waals surface area (Å²) in [5, 5.41) is 19.9. The van der Waals surface area contributed by atoms with E-state index in [1.54, 1.807) is 11.8 Å². The zero-order valence-electron chi connectivity index (χ0n) is 13.3. The van der Waals surface area contributed by atoms with Crippen molar-refractivity contribution in [2.75, 3.05) is 12.9 Å². The molecule has 0 unspecified atom stereocenters. The largest absolute Gasteiger partial charge is 0.386 e. The molecule has 2 fully saturated rings. The molecule has 7 heteroatoms. The van der Waals surface area contributed by atoms with E-state index in [1.807, 2.05) is 37.4 Å². The highest BCUT2D eigenvalue weighted by molar-refractivity contribution is 7.98. The molecule has 2 aliphatic heterocycles. The second-order valence-electron chi connectivity index (χ2n) is 6.36. The SMILES string of the molecule is CSc1ccc([C@H]2[C@@]3(C#N)[C@@]4(N=C(N)[C@@]23C#N)OC[C@H](C)O4)cc1. The van der Waals surface area contributed by atoms with Gasteiger partial charge in [0.1, 0.15) is 11.3 Å². The zero-order chi connectivity index (χ0) is 17.2. The number of ether oxygens (including phenoxy) is 2. The molecule has 0 radical (unpaired) electrons. The van der Waals surface area contributed by atoms with Crippen molar-refractivity contribution in [2.24, 2.45) is 21.6 Å². The van der Waals surface area contributed by atoms with Crippen molar-refractivity contribution in [3.8, 4) is 12.1 Å². The fourth-order valence-electron chi connectivity index (χ4n) is 4.16. The molecule has 122 valence electrons. The molecule has 1 spiro atoms. The van der Waals surface area contributed by atoms with Crippen molar-refractivity contribution in [2.45, 2.75) is 29.8 Å². The van der Waals surface area contributed by atoms with Crippen molar-refractivity contribution >= 4 is 17.6 Å². The molecule has 3 aliphatic rings. The Balaban J connectivity index is 1.87. The van der Waals surface area contributed by atoms with Crippen molar-refractivity contribution in [3.63, 3.8) is 0 Å². The fraction of sp³-hybridized carbons (Fsp3) is 0.471. The predicted octanol–water partition coefficient (Wildman–Crippen LogP) is 1.99. The Morgan fingerprint density at radius 1 is 1.29 bits per heavy atom. The minimum Gasteiger partial charge on any atom is -0.386 e. The van der Waals surface area contributed by atoms with Gasteiger partial charge in [-0.2, -0.15) is 10.5 Å². The van der Waals surface area contributed by atoms with Crippen molar-refractivity contribution in [1.29, 1.82) is 10.5 Å². The summed E-state index contributed by atoms with van der Waals surface area (Å²) in [6, 6.07) is 12.4. The van der Waals surface area contributed by atoms with E-state index in [9.17, 15) is 10.5 Å². The van der Waals surface area contributed by atoms with Crippen LogP contribution in [0.2, 0.25) is 0 Å². The predicted molar refractivity (Wildman–Crippen MR) is 87.9 cm³/mol. The number of nitrogens with zero attached hydrogens (tertiary/aromatic N) is 3. The summed E-state index contributed by atoms with van der Waals surface area (Å²) in [4.78, 5) is 5.41. The van der Waals surface area contributed by atoms with E-state index in [2.05, 4.69) is 17.1 Å². The average molecular weight is 340 g/mol. The molecular formula is C17H16N4O2S. The van der Waals surface area contributed by atoms with Crippen LogP contribution in [0.5, 0.6) is 0 Å². The summed E-state index contributed by atoms with van der Waals surface area (Å²) >= 11 is 1.63. The van der Waals surface area contributed by atoms with Gasteiger partial charge < -0.3 is 15.2 Å². The van der Waals surface area contributed by atoms with E-state index >= 15 is 0 Å². The quantitative estimate of drug-likeness (QED) is 0.826. The van der Waals surface area contributed by atoms with Gasteiger partial charge in [0.05, 0.1) is 24.8 Å². The highest BCUT2D eigenvalue weighted by atomic mass is 32.2. The molecule has 0 amide bonds. The number of benzene rings is 1. The third kappa shape index (κ3) is 1.46. The number of rotatable bonds is 2. The lowest BCUT2D eigenvalue weighted by molar-refractivity contribution is -0.193. The number of nitriles is 2. The molecule has 24 heavy (non-hydrogen) atoms. The third-order valence-electron chi connectivity index (χ3n) is 5.25. The maximum absolute atomic E-state index is 10.0. The van der Waals surface area contributed by atoms with Crippen LogP contribution in [0.4, 0.5) is 0 Å². The summed E-state index contributed by atoms with van der Waals surface area (Å²) in [6.45, 7) is 2.17. The number of fused-ring (bicyclic) bond motifs is 2. The van der Waals surface area contributed by atoms with Gasteiger partial charge in [-0.25, -0.2) is 4.99 Å². The first-order chi connectivity index (χ1) is 11.5. The van der Waals surface area contributed by atoms with Gasteiger partial charge in [0.25, 0.3) is 5.91 Å². The van der Waals surface area contributed by atoms with Crippen LogP contribution in [-0.4, -0.2) is 30.7 Å². The number of hydrogen-bond donors (Lipinski definition) is 1. The molecule has 1 aliphatic carbocycles. The summed E-state index contributed by atoms with van der Waals surface area (Å²) in [6.07, 6.45) is 1.79. The summed E-state index contributed by atoms with van der Waals surface area (Å²) in [5.74, 6) is -1.78. The van der Waals surface area contributed by atoms with Crippen molar-refractivity contribution < 1.29 is 9.47 Å². The van der Waals surface area contributed by atoms with E-state index in [1.165, 1.54) is 0 Å². The number of aliphatic imine (C=N–C) groups is 1. The van der Waals surface area contributed by atoms with Gasteiger partial charge in [-0.3, -0.25) is 0 Å². The van der Waals surface area contributed by atoms with Gasteiger partial charge in [0.2, 0.25) is 0 Å². The Labute approximate surface area is 144 Å². The first-order valence-electron chi connectivity index (χ1n) is 7.65. The molecule has 2 heterocycles. The van der Waals surface area contributed by atoms with Crippen molar-refractivity contribution in [3.05, 3.63) is 29.8 Å². The minimum absolute atomic E-state index is 0.125. The Hall–Kier alpha value is -2.06. The number of nitrogens with two attached hydrogens (primary N) is 1. The van der Waals surface area contributed by atoms with E-state index < -0.39 is 22.7 Å². The Kier molecular flexibility index (Phi) is 3.05. The van der Waals surface area contributed by atoms with Crippen LogP contribution in [0.1, 0.15) is 18.4 Å². The topological polar surface area (TPSA) is 104 Å². The van der Waals surface area contributed by atoms with E-state index in [0.717, 1.165) is 10.5 Å². The molecular weight excluding hydrogens is 324 g/mol. The van der Waals surface area contributed by atoms with Crippen LogP contribution >= 0.6 is 11.8 Å². The third-order valence-corrected chi connectivity index (χ3v) is 5.99. The highest BCUT2D eigenvalue weighted by Crippen LogP contribution is 2.82. The monoisotopic (exact) mass is 340 g/mol. The highest BCUT2D eigenvalue weighted by Gasteiger charge is 2.94. The number of thioether (sulfide) groups is 1. The molecule has 0 bridgehead atoms. The molecule has 6 nitrogen and oxygen atoms in total. The van der Waals surface area contributed by atoms with Gasteiger partial charge >= 0.3 is 0 Å². The Bertz CT molecular complexity index is 826. The molecule has 1 aromatic rings. The van der Waals surface area contributed by atoms with E-state index in [-0.39, 0.29) is 11.9 Å². The number of amidine groups is 1. The molecule has 1 saturated heterocycles. The smallest absolute Gasteiger partial charge is 0.293 e. The zero-order valence-corrected chi connectivity index (χ0v) is 14.1. The summed E-state index contributed by atoms with van der Waals surface area (Å²) < 4.78 is 11.7. The molecule has 5 atom stereocenters. The maximum Gasteiger partial charge on any atom is 0.293 e. The normalized spacial score (nSPS) is 42.2. The van der Waals surface area contributed by atoms with Crippen molar-refractivity contribution in [1.82, 2.24) is 0 Å². The summed E-state index contributed by atoms with van der Waals surface area (Å²) in [5.41, 5.74) is 4.55. The van der Waals surface area contributed by atoms with Crippen LogP contribution in [0.3, 0.4) is 0 Å². The lowest BCUT2D eigenvalue weighted by Gasteiger charge is -2.26. The average Bonchev–Trinajstić information content (AvgIpc) is 2.99. The van der Waals surface area contributed by atoms with Crippen LogP contribution in [-0.2, 0) is 9.47 Å². The standard InChI is InChI=1S/C17H16N4O2S/c1-10-7-22-17(23-10)16(9-19)13(15(16,8-18)14(20)21-17)11-3-5-12(24-2)6-4-11/h3-6,10,13H,7H2,1-2H3,(H2,20,21)/t10-,13+,15+,16+,17+/m0/s1. The Morgan fingerprint density at radius 3 is 2.50 bits per heavy atom. The van der Waals surface area contributed by atoms with Gasteiger partial charge in [-0.05, 0) is 30.9 Å². The maximum atomic E-state index is 10.0. The second-order valence-corrected chi connectivity index (χ2v) is 7.24. The Morgan fingerprint density at radius 2 is 2.00 bits per heavy atom. The van der Waals surface area contributed by atoms with E-state index in [4.69, 9.17) is 15.2 Å². The lowest BCUT2D eigenvalue weighted by atomic mass is 9.94. The second kappa shape index (κ2) is 4.73. The van der Waals surface area contributed by atoms with Gasteiger partial charge in [0.15, 0.2) is 5.41 Å². The van der Waals surface area contributed by atoms with Gasteiger partial charge in [0, 0.05) is 10.8 Å². The molecule has 4 rings (SSSR count). The molecule has 1 aromatic carbocycles. The number of hydrogen-bond acceptors (Lipinski definition) is 7. The first-order valence-corrected chi connectivity index (χ1v) is 8.88. The minimum atomic E-state index is -1.48. The summed E-state index contributed by atoms with van der Waals surface area (Å²) in [7, 11) is 0. The van der Waals surface area contributed by atoms with Crippen LogP contribution in [0.25, 0.3) is 0 Å². The van der Waals surface area contributed by atoms with Gasteiger partial charge in [-0.1, -0.05) is 12.1 Å². The molecule has 2 N–H and O–H groups in total. The van der Waals surface area contributed by atoms with Crippen LogP contribution < -0.4 is 5.73 Å². The first kappa shape index (κ1) is 15.5. The van der Waals surface area contributed by atoms with Crippen LogP contribution in [0, 0.1) is 33.5 Å². The molecule has 1 saturated carbocycles. The van der Waals surface area contributed by atoms with E-state index in [0.29, 0.717) is 6.61 Å². The molecule has 0 aromatic heterocycles.